The zero-order valence-corrected chi connectivity index (χ0v) is 11.5. The highest BCUT2D eigenvalue weighted by atomic mass is 16.5. The van der Waals surface area contributed by atoms with Gasteiger partial charge in [-0.2, -0.15) is 0 Å². The van der Waals surface area contributed by atoms with Crippen LogP contribution in [0.25, 0.3) is 0 Å². The molecule has 0 aromatic heterocycles. The van der Waals surface area contributed by atoms with E-state index in [2.05, 4.69) is 11.4 Å². The molecule has 0 bridgehead atoms. The summed E-state index contributed by atoms with van der Waals surface area (Å²) < 4.78 is 5.56. The van der Waals surface area contributed by atoms with Crippen molar-refractivity contribution in [2.24, 2.45) is 0 Å². The first-order chi connectivity index (χ1) is 8.97. The Hall–Kier alpha value is -1.55. The Bertz CT molecular complexity index is 463. The van der Waals surface area contributed by atoms with Crippen molar-refractivity contribution in [1.29, 1.82) is 0 Å². The molecule has 4 heteroatoms. The van der Waals surface area contributed by atoms with Crippen molar-refractivity contribution in [3.05, 3.63) is 29.3 Å². The minimum absolute atomic E-state index is 0.339. The van der Waals surface area contributed by atoms with Gasteiger partial charge in [-0.15, -0.1) is 0 Å². The second kappa shape index (κ2) is 5.61. The van der Waals surface area contributed by atoms with Gasteiger partial charge in [0.15, 0.2) is 0 Å². The minimum Gasteiger partial charge on any atom is -0.493 e. The Balaban J connectivity index is 1.88. The number of aliphatic hydroxyl groups is 1. The molecular weight excluding hydrogens is 242 g/mol. The Labute approximate surface area is 113 Å². The molecule has 0 aliphatic carbocycles. The summed E-state index contributed by atoms with van der Waals surface area (Å²) in [6, 6.07) is 6.17. The lowest BCUT2D eigenvalue weighted by molar-refractivity contribution is -0.136. The maximum atomic E-state index is 11.5. The highest BCUT2D eigenvalue weighted by Gasteiger charge is 2.22. The van der Waals surface area contributed by atoms with Crippen LogP contribution in [0.15, 0.2) is 18.2 Å². The Morgan fingerprint density at radius 1 is 1.47 bits per heavy atom. The molecule has 104 valence electrons. The zero-order valence-electron chi connectivity index (χ0n) is 11.5. The number of ether oxygens (including phenoxy) is 1. The molecular formula is C15H21NO3. The van der Waals surface area contributed by atoms with E-state index >= 15 is 0 Å². The molecule has 0 atom stereocenters. The Morgan fingerprint density at radius 3 is 3.00 bits per heavy atom. The van der Waals surface area contributed by atoms with E-state index in [-0.39, 0.29) is 5.91 Å². The fourth-order valence-corrected chi connectivity index (χ4v) is 2.11. The van der Waals surface area contributed by atoms with Gasteiger partial charge in [0, 0.05) is 6.54 Å². The molecule has 1 heterocycles. The molecule has 0 spiro atoms. The summed E-state index contributed by atoms with van der Waals surface area (Å²) in [5.74, 6) is 0.643. The third kappa shape index (κ3) is 3.70. The first-order valence-corrected chi connectivity index (χ1v) is 6.72. The summed E-state index contributed by atoms with van der Waals surface area (Å²) in [5, 5.41) is 12.2. The van der Waals surface area contributed by atoms with E-state index in [4.69, 9.17) is 4.74 Å². The summed E-state index contributed by atoms with van der Waals surface area (Å²) in [6.45, 7) is 4.30. The van der Waals surface area contributed by atoms with Crippen LogP contribution in [0.3, 0.4) is 0 Å². The van der Waals surface area contributed by atoms with E-state index in [1.165, 1.54) is 25.0 Å². The van der Waals surface area contributed by atoms with Crippen LogP contribution in [0, 0.1) is 0 Å². The van der Waals surface area contributed by atoms with Crippen molar-refractivity contribution in [1.82, 2.24) is 5.32 Å². The van der Waals surface area contributed by atoms with Crippen LogP contribution in [0.5, 0.6) is 5.75 Å². The first-order valence-electron chi connectivity index (χ1n) is 6.72. The van der Waals surface area contributed by atoms with Gasteiger partial charge < -0.3 is 15.2 Å². The number of rotatable bonds is 4. The third-order valence-electron chi connectivity index (χ3n) is 3.23. The van der Waals surface area contributed by atoms with Crippen LogP contribution in [0.1, 0.15) is 31.4 Å². The number of hydrogen-bond acceptors (Lipinski definition) is 3. The van der Waals surface area contributed by atoms with E-state index in [9.17, 15) is 9.90 Å². The van der Waals surface area contributed by atoms with E-state index in [1.807, 2.05) is 12.1 Å². The van der Waals surface area contributed by atoms with Crippen molar-refractivity contribution in [2.75, 3.05) is 13.2 Å². The van der Waals surface area contributed by atoms with E-state index in [1.54, 1.807) is 0 Å². The number of nitrogens with one attached hydrogen (secondary N) is 1. The number of carbonyl (C=O) groups is 1. The van der Waals surface area contributed by atoms with Crippen LogP contribution in [-0.2, 0) is 17.6 Å². The predicted molar refractivity (Wildman–Crippen MR) is 73.3 cm³/mol. The van der Waals surface area contributed by atoms with Crippen molar-refractivity contribution >= 4 is 5.91 Å². The molecule has 0 radical (unpaired) electrons. The summed E-state index contributed by atoms with van der Waals surface area (Å²) in [7, 11) is 0. The topological polar surface area (TPSA) is 58.6 Å². The predicted octanol–water partition coefficient (Wildman–Crippen LogP) is 1.44. The van der Waals surface area contributed by atoms with Crippen molar-refractivity contribution in [3.63, 3.8) is 0 Å². The van der Waals surface area contributed by atoms with Gasteiger partial charge in [0.05, 0.1) is 6.61 Å². The highest BCUT2D eigenvalue weighted by molar-refractivity contribution is 5.83. The molecule has 0 unspecified atom stereocenters. The fourth-order valence-electron chi connectivity index (χ4n) is 2.11. The average Bonchev–Trinajstić information content (AvgIpc) is 2.37. The van der Waals surface area contributed by atoms with Crippen LogP contribution < -0.4 is 10.1 Å². The largest absolute Gasteiger partial charge is 0.493 e. The molecule has 2 N–H and O–H groups in total. The zero-order chi connectivity index (χ0) is 13.9. The smallest absolute Gasteiger partial charge is 0.251 e. The number of aryl methyl sites for hydroxylation is 1. The SMILES string of the molecule is CC(C)(O)C(=O)NCCc1ccc2c(c1)CCCO2. The molecule has 19 heavy (non-hydrogen) atoms. The molecule has 0 fully saturated rings. The highest BCUT2D eigenvalue weighted by Crippen LogP contribution is 2.25. The quantitative estimate of drug-likeness (QED) is 0.864. The van der Waals surface area contributed by atoms with Gasteiger partial charge in [-0.3, -0.25) is 4.79 Å². The molecule has 0 saturated carbocycles. The van der Waals surface area contributed by atoms with E-state index < -0.39 is 5.60 Å². The molecule has 1 aliphatic rings. The molecule has 0 saturated heterocycles. The molecule has 4 nitrogen and oxygen atoms in total. The number of fused-ring (bicyclic) bond motifs is 1. The van der Waals surface area contributed by atoms with Gasteiger partial charge in [-0.1, -0.05) is 12.1 Å². The van der Waals surface area contributed by atoms with Crippen LogP contribution in [0.4, 0.5) is 0 Å². The maximum absolute atomic E-state index is 11.5. The molecule has 1 aromatic carbocycles. The summed E-state index contributed by atoms with van der Waals surface area (Å²) >= 11 is 0. The lowest BCUT2D eigenvalue weighted by Crippen LogP contribution is -2.42. The molecule has 1 aromatic rings. The number of amides is 1. The standard InChI is InChI=1S/C15H21NO3/c1-15(2,18)14(17)16-8-7-11-5-6-13-12(10-11)4-3-9-19-13/h5-6,10,18H,3-4,7-9H2,1-2H3,(H,16,17). The second-order valence-corrected chi connectivity index (χ2v) is 5.46. The summed E-state index contributed by atoms with van der Waals surface area (Å²) in [5.41, 5.74) is 1.11. The number of carbonyl (C=O) groups excluding carboxylic acids is 1. The molecule has 1 amide bonds. The van der Waals surface area contributed by atoms with Crippen LogP contribution >= 0.6 is 0 Å². The van der Waals surface area contributed by atoms with Gasteiger partial charge in [0.1, 0.15) is 11.4 Å². The van der Waals surface area contributed by atoms with E-state index in [0.717, 1.165) is 31.6 Å². The van der Waals surface area contributed by atoms with Gasteiger partial charge in [-0.05, 0) is 50.3 Å². The fraction of sp³-hybridized carbons (Fsp3) is 0.533. The first kappa shape index (κ1) is 13.9. The summed E-state index contributed by atoms with van der Waals surface area (Å²) in [6.07, 6.45) is 2.88. The van der Waals surface area contributed by atoms with Gasteiger partial charge in [0.25, 0.3) is 5.91 Å². The maximum Gasteiger partial charge on any atom is 0.251 e. The lowest BCUT2D eigenvalue weighted by atomic mass is 10.0. The van der Waals surface area contributed by atoms with Crippen molar-refractivity contribution in [3.8, 4) is 5.75 Å². The monoisotopic (exact) mass is 263 g/mol. The van der Waals surface area contributed by atoms with Gasteiger partial charge >= 0.3 is 0 Å². The Kier molecular flexibility index (Phi) is 4.10. The average molecular weight is 263 g/mol. The van der Waals surface area contributed by atoms with Crippen LogP contribution in [0.2, 0.25) is 0 Å². The number of hydrogen-bond donors (Lipinski definition) is 2. The van der Waals surface area contributed by atoms with Gasteiger partial charge in [0.2, 0.25) is 0 Å². The second-order valence-electron chi connectivity index (χ2n) is 5.46. The van der Waals surface area contributed by atoms with Crippen LogP contribution in [-0.4, -0.2) is 29.8 Å². The molecule has 1 aliphatic heterocycles. The summed E-state index contributed by atoms with van der Waals surface area (Å²) in [4.78, 5) is 11.5. The normalized spacial score (nSPS) is 14.5. The van der Waals surface area contributed by atoms with Crippen molar-refractivity contribution in [2.45, 2.75) is 38.7 Å². The third-order valence-corrected chi connectivity index (χ3v) is 3.23. The van der Waals surface area contributed by atoms with E-state index in [0.29, 0.717) is 6.54 Å². The van der Waals surface area contributed by atoms with Gasteiger partial charge in [-0.25, -0.2) is 0 Å². The van der Waals surface area contributed by atoms with Crippen molar-refractivity contribution < 1.29 is 14.6 Å². The Morgan fingerprint density at radius 2 is 2.26 bits per heavy atom. The minimum atomic E-state index is -1.32. The number of benzene rings is 1. The lowest BCUT2D eigenvalue weighted by Gasteiger charge is -2.19. The molecule has 2 rings (SSSR count).